The van der Waals surface area contributed by atoms with Crippen LogP contribution in [0, 0.1) is 0 Å². The van der Waals surface area contributed by atoms with Crippen molar-refractivity contribution in [1.82, 2.24) is 5.32 Å². The Kier molecular flexibility index (Phi) is 6.62. The summed E-state index contributed by atoms with van der Waals surface area (Å²) in [5, 5.41) is 5.27. The Morgan fingerprint density at radius 3 is 2.29 bits per heavy atom. The molecule has 0 atom stereocenters. The van der Waals surface area contributed by atoms with E-state index in [4.69, 9.17) is 0 Å². The molecule has 31 heavy (non-hydrogen) atoms. The number of anilines is 2. The summed E-state index contributed by atoms with van der Waals surface area (Å²) in [4.78, 5) is 26.3. The van der Waals surface area contributed by atoms with Crippen LogP contribution in [0.2, 0.25) is 0 Å². The van der Waals surface area contributed by atoms with Gasteiger partial charge < -0.3 is 15.5 Å². The van der Waals surface area contributed by atoms with Crippen LogP contribution in [0.3, 0.4) is 0 Å². The van der Waals surface area contributed by atoms with Crippen LogP contribution in [0.25, 0.3) is 0 Å². The first-order valence-electron chi connectivity index (χ1n) is 10.7. The highest BCUT2D eigenvalue weighted by Crippen LogP contribution is 2.24. The van der Waals surface area contributed by atoms with E-state index in [-0.39, 0.29) is 0 Å². The van der Waals surface area contributed by atoms with Crippen molar-refractivity contribution >= 4 is 23.2 Å². The Morgan fingerprint density at radius 2 is 1.52 bits per heavy atom. The number of fused-ring (bicyclic) bond motifs is 1. The summed E-state index contributed by atoms with van der Waals surface area (Å²) in [5.41, 5.74) is 5.94. The maximum absolute atomic E-state index is 11.9. The summed E-state index contributed by atoms with van der Waals surface area (Å²) in [6.07, 6.45) is 2.71. The van der Waals surface area contributed by atoms with E-state index in [2.05, 4.69) is 64.1 Å². The molecule has 0 aromatic heterocycles. The Labute approximate surface area is 183 Å². The number of hydrogen-bond donors (Lipinski definition) is 2. The van der Waals surface area contributed by atoms with Crippen molar-refractivity contribution < 1.29 is 9.59 Å². The first-order valence-corrected chi connectivity index (χ1v) is 10.7. The standard InChI is InChI=1S/C26H27N3O2/c30-25(26(31)28-23-10-2-1-3-11-23)27-17-6-7-20-12-14-24(15-13-20)29-18-16-21-8-4-5-9-22(21)19-29/h1-5,8-15H,6-7,16-19H2,(H,27,30)(H,28,31). The van der Waals surface area contributed by atoms with Gasteiger partial charge in [0.1, 0.15) is 0 Å². The number of amides is 2. The first-order chi connectivity index (χ1) is 15.2. The molecule has 0 bridgehead atoms. The van der Waals surface area contributed by atoms with Crippen LogP contribution in [0.5, 0.6) is 0 Å². The Balaban J connectivity index is 1.20. The minimum Gasteiger partial charge on any atom is -0.367 e. The molecule has 0 radical (unpaired) electrons. The van der Waals surface area contributed by atoms with Crippen LogP contribution in [-0.2, 0) is 29.0 Å². The molecule has 1 heterocycles. The van der Waals surface area contributed by atoms with Gasteiger partial charge in [0, 0.05) is 31.0 Å². The number of benzene rings is 3. The summed E-state index contributed by atoms with van der Waals surface area (Å²) in [6, 6.07) is 26.3. The number of nitrogens with zero attached hydrogens (tertiary/aromatic N) is 1. The fourth-order valence-electron chi connectivity index (χ4n) is 3.87. The zero-order valence-electron chi connectivity index (χ0n) is 17.5. The predicted octanol–water partition coefficient (Wildman–Crippen LogP) is 3.94. The molecule has 2 amide bonds. The Morgan fingerprint density at radius 1 is 0.806 bits per heavy atom. The molecule has 0 aliphatic carbocycles. The average Bonchev–Trinajstić information content (AvgIpc) is 2.82. The molecule has 0 unspecified atom stereocenters. The molecule has 5 nitrogen and oxygen atoms in total. The number of aryl methyl sites for hydroxylation is 1. The molecule has 0 spiro atoms. The van der Waals surface area contributed by atoms with Crippen molar-refractivity contribution in [2.75, 3.05) is 23.3 Å². The highest BCUT2D eigenvalue weighted by molar-refractivity contribution is 6.39. The van der Waals surface area contributed by atoms with Gasteiger partial charge in [0.2, 0.25) is 0 Å². The van der Waals surface area contributed by atoms with Crippen molar-refractivity contribution in [1.29, 1.82) is 0 Å². The second kappa shape index (κ2) is 9.94. The van der Waals surface area contributed by atoms with Crippen molar-refractivity contribution in [3.63, 3.8) is 0 Å². The molecule has 158 valence electrons. The van der Waals surface area contributed by atoms with E-state index in [9.17, 15) is 9.59 Å². The van der Waals surface area contributed by atoms with Gasteiger partial charge in [-0.15, -0.1) is 0 Å². The largest absolute Gasteiger partial charge is 0.367 e. The lowest BCUT2D eigenvalue weighted by molar-refractivity contribution is -0.136. The fourth-order valence-corrected chi connectivity index (χ4v) is 3.87. The Bertz CT molecular complexity index is 1030. The van der Waals surface area contributed by atoms with Gasteiger partial charge in [0.25, 0.3) is 0 Å². The van der Waals surface area contributed by atoms with Gasteiger partial charge in [0.05, 0.1) is 0 Å². The monoisotopic (exact) mass is 413 g/mol. The first kappa shape index (κ1) is 20.7. The van der Waals surface area contributed by atoms with E-state index in [1.807, 2.05) is 18.2 Å². The van der Waals surface area contributed by atoms with E-state index in [0.29, 0.717) is 12.2 Å². The lowest BCUT2D eigenvalue weighted by Gasteiger charge is -2.30. The second-order valence-electron chi connectivity index (χ2n) is 7.79. The van der Waals surface area contributed by atoms with Gasteiger partial charge in [-0.2, -0.15) is 0 Å². The van der Waals surface area contributed by atoms with E-state index in [0.717, 1.165) is 32.4 Å². The molecule has 1 aliphatic heterocycles. The highest BCUT2D eigenvalue weighted by atomic mass is 16.2. The average molecular weight is 414 g/mol. The number of nitrogens with one attached hydrogen (secondary N) is 2. The Hall–Kier alpha value is -3.60. The smallest absolute Gasteiger partial charge is 0.313 e. The third-order valence-electron chi connectivity index (χ3n) is 5.60. The van der Waals surface area contributed by atoms with Crippen LogP contribution >= 0.6 is 0 Å². The van der Waals surface area contributed by atoms with Crippen LogP contribution < -0.4 is 15.5 Å². The molecule has 3 aromatic carbocycles. The van der Waals surface area contributed by atoms with E-state index < -0.39 is 11.8 Å². The topological polar surface area (TPSA) is 61.4 Å². The van der Waals surface area contributed by atoms with Gasteiger partial charge >= 0.3 is 11.8 Å². The van der Waals surface area contributed by atoms with E-state index in [1.54, 1.807) is 12.1 Å². The molecular formula is C26H27N3O2. The second-order valence-corrected chi connectivity index (χ2v) is 7.79. The van der Waals surface area contributed by atoms with Gasteiger partial charge in [-0.3, -0.25) is 9.59 Å². The minimum atomic E-state index is -0.640. The fraction of sp³-hybridized carbons (Fsp3) is 0.231. The van der Waals surface area contributed by atoms with Crippen LogP contribution in [0.4, 0.5) is 11.4 Å². The van der Waals surface area contributed by atoms with Gasteiger partial charge in [-0.1, -0.05) is 54.6 Å². The van der Waals surface area contributed by atoms with Crippen molar-refractivity contribution in [3.8, 4) is 0 Å². The van der Waals surface area contributed by atoms with Gasteiger partial charge in [0.15, 0.2) is 0 Å². The molecule has 3 aromatic rings. The quantitative estimate of drug-likeness (QED) is 0.475. The van der Waals surface area contributed by atoms with Crippen LogP contribution in [-0.4, -0.2) is 24.9 Å². The van der Waals surface area contributed by atoms with Gasteiger partial charge in [-0.25, -0.2) is 0 Å². The molecule has 0 fully saturated rings. The normalized spacial score (nSPS) is 12.7. The third kappa shape index (κ3) is 5.51. The lowest BCUT2D eigenvalue weighted by Crippen LogP contribution is -2.36. The summed E-state index contributed by atoms with van der Waals surface area (Å²) in [6.45, 7) is 2.45. The number of para-hydroxylation sites is 1. The lowest BCUT2D eigenvalue weighted by atomic mass is 9.99. The number of hydrogen-bond acceptors (Lipinski definition) is 3. The molecule has 5 heteroatoms. The van der Waals surface area contributed by atoms with E-state index in [1.165, 1.54) is 22.4 Å². The summed E-state index contributed by atoms with van der Waals surface area (Å²) < 4.78 is 0. The summed E-state index contributed by atoms with van der Waals surface area (Å²) >= 11 is 0. The molecule has 0 saturated heterocycles. The summed E-state index contributed by atoms with van der Waals surface area (Å²) in [7, 11) is 0. The number of rotatable bonds is 6. The highest BCUT2D eigenvalue weighted by Gasteiger charge is 2.16. The predicted molar refractivity (Wildman–Crippen MR) is 124 cm³/mol. The van der Waals surface area contributed by atoms with Crippen LogP contribution in [0.1, 0.15) is 23.1 Å². The SMILES string of the molecule is O=C(NCCCc1ccc(N2CCc3ccccc3C2)cc1)C(=O)Nc1ccccc1. The maximum atomic E-state index is 11.9. The number of carbonyl (C=O) groups excluding carboxylic acids is 2. The number of carbonyl (C=O) groups is 2. The van der Waals surface area contributed by atoms with Gasteiger partial charge in [-0.05, 0) is 60.2 Å². The van der Waals surface area contributed by atoms with Crippen molar-refractivity contribution in [2.45, 2.75) is 25.8 Å². The molecule has 2 N–H and O–H groups in total. The van der Waals surface area contributed by atoms with Crippen LogP contribution in [0.15, 0.2) is 78.9 Å². The molecule has 1 aliphatic rings. The molecular weight excluding hydrogens is 386 g/mol. The minimum absolute atomic E-state index is 0.464. The van der Waals surface area contributed by atoms with Crippen molar-refractivity contribution in [2.24, 2.45) is 0 Å². The maximum Gasteiger partial charge on any atom is 0.313 e. The van der Waals surface area contributed by atoms with E-state index >= 15 is 0 Å². The summed E-state index contributed by atoms with van der Waals surface area (Å²) in [5.74, 6) is -1.25. The van der Waals surface area contributed by atoms with Crippen molar-refractivity contribution in [3.05, 3.63) is 95.6 Å². The zero-order chi connectivity index (χ0) is 21.5. The molecule has 0 saturated carbocycles. The third-order valence-corrected chi connectivity index (χ3v) is 5.60. The molecule has 4 rings (SSSR count). The zero-order valence-corrected chi connectivity index (χ0v) is 17.5.